The molecule has 58 heavy (non-hydrogen) atoms. The molecule has 1 fully saturated rings. The number of hydrogen-bond donors (Lipinski definition) is 6. The van der Waals surface area contributed by atoms with Gasteiger partial charge in [0, 0.05) is 6.42 Å². The molecule has 0 bridgehead atoms. The molecule has 340 valence electrons. The van der Waals surface area contributed by atoms with Crippen LogP contribution in [0, 0.1) is 0 Å². The first kappa shape index (κ1) is 54.4. The molecule has 6 N–H and O–H groups in total. The van der Waals surface area contributed by atoms with Crippen molar-refractivity contribution in [2.75, 3.05) is 13.2 Å². The molecule has 1 rings (SSSR count). The molecule has 7 atom stereocenters. The zero-order valence-corrected chi connectivity index (χ0v) is 37.3. The Kier molecular flexibility index (Phi) is 37.1. The van der Waals surface area contributed by atoms with Crippen LogP contribution in [-0.4, -0.2) is 87.5 Å². The van der Waals surface area contributed by atoms with Crippen molar-refractivity contribution in [2.24, 2.45) is 0 Å². The van der Waals surface area contributed by atoms with Crippen LogP contribution in [0.5, 0.6) is 0 Å². The quantitative estimate of drug-likeness (QED) is 0.0264. The number of amides is 1. The second-order valence-corrected chi connectivity index (χ2v) is 16.9. The Hall–Kier alpha value is -1.59. The Morgan fingerprint density at radius 2 is 0.983 bits per heavy atom. The van der Waals surface area contributed by atoms with Crippen LogP contribution in [0.25, 0.3) is 0 Å². The molecule has 0 radical (unpaired) electrons. The van der Waals surface area contributed by atoms with Gasteiger partial charge in [-0.15, -0.1) is 0 Å². The number of nitrogens with one attached hydrogen (secondary N) is 1. The maximum Gasteiger partial charge on any atom is 0.220 e. The molecular weight excluding hydrogens is 731 g/mol. The highest BCUT2D eigenvalue weighted by atomic mass is 16.7. The minimum atomic E-state index is -1.57. The molecule has 1 aliphatic rings. The summed E-state index contributed by atoms with van der Waals surface area (Å²) < 4.78 is 11.2. The summed E-state index contributed by atoms with van der Waals surface area (Å²) in [5, 5.41) is 54.2. The fraction of sp³-hybridized carbons (Fsp3) is 0.857. The Morgan fingerprint density at radius 1 is 0.569 bits per heavy atom. The fourth-order valence-corrected chi connectivity index (χ4v) is 7.52. The smallest absolute Gasteiger partial charge is 0.220 e. The van der Waals surface area contributed by atoms with Crippen molar-refractivity contribution >= 4 is 5.91 Å². The van der Waals surface area contributed by atoms with E-state index < -0.39 is 49.5 Å². The molecule has 0 aromatic carbocycles. The lowest BCUT2D eigenvalue weighted by Gasteiger charge is -2.40. The van der Waals surface area contributed by atoms with Crippen LogP contribution in [0.15, 0.2) is 36.5 Å². The maximum atomic E-state index is 13.0. The number of rotatable bonds is 40. The lowest BCUT2D eigenvalue weighted by Crippen LogP contribution is -2.60. The van der Waals surface area contributed by atoms with Crippen molar-refractivity contribution in [3.63, 3.8) is 0 Å². The summed E-state index contributed by atoms with van der Waals surface area (Å²) in [5.74, 6) is -0.189. The van der Waals surface area contributed by atoms with Gasteiger partial charge in [-0.25, -0.2) is 0 Å². The van der Waals surface area contributed by atoms with Gasteiger partial charge in [-0.1, -0.05) is 185 Å². The molecule has 1 heterocycles. The van der Waals surface area contributed by atoms with E-state index in [1.807, 2.05) is 6.08 Å². The van der Waals surface area contributed by atoms with Crippen molar-refractivity contribution in [2.45, 2.75) is 256 Å². The van der Waals surface area contributed by atoms with Gasteiger partial charge in [-0.2, -0.15) is 0 Å². The summed E-state index contributed by atoms with van der Waals surface area (Å²) >= 11 is 0. The predicted molar refractivity (Wildman–Crippen MR) is 240 cm³/mol. The average Bonchev–Trinajstić information content (AvgIpc) is 3.22. The van der Waals surface area contributed by atoms with Gasteiger partial charge < -0.3 is 40.3 Å². The van der Waals surface area contributed by atoms with Crippen LogP contribution < -0.4 is 5.32 Å². The average molecular weight is 822 g/mol. The summed E-state index contributed by atoms with van der Waals surface area (Å²) in [6.07, 6.45) is 41.9. The number of carbonyl (C=O) groups excluding carboxylic acids is 1. The van der Waals surface area contributed by atoms with Gasteiger partial charge in [-0.05, 0) is 57.8 Å². The molecule has 1 amide bonds. The van der Waals surface area contributed by atoms with Gasteiger partial charge in [0.2, 0.25) is 5.91 Å². The van der Waals surface area contributed by atoms with Crippen LogP contribution >= 0.6 is 0 Å². The second-order valence-electron chi connectivity index (χ2n) is 16.9. The first-order valence-electron chi connectivity index (χ1n) is 24.2. The largest absolute Gasteiger partial charge is 0.394 e. The normalized spacial score (nSPS) is 21.1. The highest BCUT2D eigenvalue weighted by Crippen LogP contribution is 2.22. The SMILES string of the molecule is CCCCCCCC/C=C\CCCCCCCCCCCC(=O)NC(COC1OC(CO)C(O)C(O)C1O)C(O)/C=C/CC/C=C/CCCCCCCCCCCC. The van der Waals surface area contributed by atoms with Gasteiger partial charge >= 0.3 is 0 Å². The highest BCUT2D eigenvalue weighted by molar-refractivity contribution is 5.76. The lowest BCUT2D eigenvalue weighted by molar-refractivity contribution is -0.302. The Labute approximate surface area is 355 Å². The van der Waals surface area contributed by atoms with Crippen LogP contribution in [-0.2, 0) is 14.3 Å². The Morgan fingerprint density at radius 3 is 1.45 bits per heavy atom. The van der Waals surface area contributed by atoms with Gasteiger partial charge in [0.15, 0.2) is 6.29 Å². The Balaban J connectivity index is 2.35. The number of aliphatic hydroxyl groups is 5. The Bertz CT molecular complexity index is 1000. The summed E-state index contributed by atoms with van der Waals surface area (Å²) in [6, 6.07) is -0.821. The molecule has 0 aliphatic carbocycles. The first-order valence-corrected chi connectivity index (χ1v) is 24.2. The van der Waals surface area contributed by atoms with E-state index >= 15 is 0 Å². The second kappa shape index (κ2) is 39.5. The number of hydrogen-bond acceptors (Lipinski definition) is 8. The minimum Gasteiger partial charge on any atom is -0.394 e. The van der Waals surface area contributed by atoms with Crippen molar-refractivity contribution < 1.29 is 39.8 Å². The molecule has 1 aliphatic heterocycles. The van der Waals surface area contributed by atoms with E-state index in [9.17, 15) is 30.3 Å². The molecule has 7 unspecified atom stereocenters. The zero-order valence-electron chi connectivity index (χ0n) is 37.3. The molecule has 0 aromatic rings. The lowest BCUT2D eigenvalue weighted by atomic mass is 9.99. The van der Waals surface area contributed by atoms with Crippen molar-refractivity contribution in [1.29, 1.82) is 0 Å². The zero-order chi connectivity index (χ0) is 42.3. The molecule has 1 saturated heterocycles. The number of allylic oxidation sites excluding steroid dienone is 5. The molecule has 9 nitrogen and oxygen atoms in total. The van der Waals surface area contributed by atoms with E-state index in [1.165, 1.54) is 154 Å². The summed E-state index contributed by atoms with van der Waals surface area (Å²) in [7, 11) is 0. The van der Waals surface area contributed by atoms with E-state index in [4.69, 9.17) is 9.47 Å². The third-order valence-corrected chi connectivity index (χ3v) is 11.4. The third-order valence-electron chi connectivity index (χ3n) is 11.4. The summed E-state index contributed by atoms with van der Waals surface area (Å²) in [4.78, 5) is 13.0. The van der Waals surface area contributed by atoms with E-state index in [0.717, 1.165) is 38.5 Å². The first-order chi connectivity index (χ1) is 28.3. The van der Waals surface area contributed by atoms with Crippen molar-refractivity contribution in [1.82, 2.24) is 5.32 Å². The molecule has 0 saturated carbocycles. The summed E-state index contributed by atoms with van der Waals surface area (Å²) in [6.45, 7) is 3.75. The van der Waals surface area contributed by atoms with E-state index in [0.29, 0.717) is 6.42 Å². The molecule has 0 spiro atoms. The van der Waals surface area contributed by atoms with E-state index in [-0.39, 0.29) is 12.5 Å². The van der Waals surface area contributed by atoms with Crippen LogP contribution in [0.1, 0.15) is 213 Å². The third kappa shape index (κ3) is 29.6. The minimum absolute atomic E-state index is 0.189. The van der Waals surface area contributed by atoms with E-state index in [1.54, 1.807) is 6.08 Å². The predicted octanol–water partition coefficient (Wildman–Crippen LogP) is 10.5. The standard InChI is InChI=1S/C49H91NO8/c1-3-5-7-9-11-13-15-17-19-21-22-23-25-27-29-31-33-35-37-39-45(53)50-42(41-57-49-48(56)47(55)46(54)44(40-51)58-49)43(52)38-36-34-32-30-28-26-24-20-18-16-14-12-10-8-6-4-2/h17,19,28,30,36,38,42-44,46-49,51-52,54-56H,3-16,18,20-27,29,31-35,37,39-41H2,1-2H3,(H,50,53)/b19-17-,30-28+,38-36+. The van der Waals surface area contributed by atoms with Gasteiger partial charge in [0.05, 0.1) is 25.4 Å². The van der Waals surface area contributed by atoms with Gasteiger partial charge in [-0.3, -0.25) is 4.79 Å². The van der Waals surface area contributed by atoms with Crippen LogP contribution in [0.4, 0.5) is 0 Å². The topological polar surface area (TPSA) is 149 Å². The maximum absolute atomic E-state index is 13.0. The van der Waals surface area contributed by atoms with E-state index in [2.05, 4.69) is 43.5 Å². The number of unbranched alkanes of at least 4 members (excludes halogenated alkanes) is 26. The monoisotopic (exact) mass is 822 g/mol. The van der Waals surface area contributed by atoms with Gasteiger partial charge in [0.25, 0.3) is 0 Å². The molecule has 0 aromatic heterocycles. The van der Waals surface area contributed by atoms with Crippen molar-refractivity contribution in [3.05, 3.63) is 36.5 Å². The number of aliphatic hydroxyl groups excluding tert-OH is 5. The fourth-order valence-electron chi connectivity index (χ4n) is 7.52. The van der Waals surface area contributed by atoms with Crippen molar-refractivity contribution in [3.8, 4) is 0 Å². The van der Waals surface area contributed by atoms with Crippen LogP contribution in [0.2, 0.25) is 0 Å². The van der Waals surface area contributed by atoms with Gasteiger partial charge in [0.1, 0.15) is 24.4 Å². The summed E-state index contributed by atoms with van der Waals surface area (Å²) in [5.41, 5.74) is 0. The van der Waals surface area contributed by atoms with Crippen LogP contribution in [0.3, 0.4) is 0 Å². The molecular formula is C49H91NO8. The highest BCUT2D eigenvalue weighted by Gasteiger charge is 2.44. The number of carbonyl (C=O) groups is 1. The molecule has 9 heteroatoms. The number of ether oxygens (including phenoxy) is 2.